The molecule has 0 aromatic heterocycles. The van der Waals surface area contributed by atoms with E-state index in [4.69, 9.17) is 23.6 Å². The molecular formula is C14H29N2O8P. The normalized spacial score (nSPS) is 12.8. The maximum Gasteiger partial charge on any atom is 0.422 e. The van der Waals surface area contributed by atoms with Crippen LogP contribution in [-0.4, -0.2) is 80.9 Å². The first-order chi connectivity index (χ1) is 11.9. The number of aldehydes is 1. The Labute approximate surface area is 148 Å². The molecule has 1 atom stereocenters. The summed E-state index contributed by atoms with van der Waals surface area (Å²) in [6.07, 6.45) is -0.539. The summed E-state index contributed by atoms with van der Waals surface area (Å²) in [6, 6.07) is -0.785. The highest BCUT2D eigenvalue weighted by molar-refractivity contribution is 7.53. The van der Waals surface area contributed by atoms with Crippen LogP contribution in [0.5, 0.6) is 0 Å². The molecule has 10 nitrogen and oxygen atoms in total. The van der Waals surface area contributed by atoms with Crippen molar-refractivity contribution in [3.8, 4) is 0 Å². The minimum absolute atomic E-state index is 0.174. The molecule has 25 heavy (non-hydrogen) atoms. The average Bonchev–Trinajstić information content (AvgIpc) is 2.56. The van der Waals surface area contributed by atoms with E-state index in [0.717, 1.165) is 5.01 Å². The van der Waals surface area contributed by atoms with Gasteiger partial charge in [0.25, 0.3) is 0 Å². The first-order valence-electron chi connectivity index (χ1n) is 8.14. The predicted octanol–water partition coefficient (Wildman–Crippen LogP) is 1.36. The van der Waals surface area contributed by atoms with Crippen molar-refractivity contribution in [2.75, 3.05) is 52.3 Å². The van der Waals surface area contributed by atoms with E-state index in [9.17, 15) is 14.2 Å². The van der Waals surface area contributed by atoms with Gasteiger partial charge in [0.1, 0.15) is 12.3 Å². The largest absolute Gasteiger partial charge is 0.464 e. The van der Waals surface area contributed by atoms with E-state index in [0.29, 0.717) is 32.7 Å². The molecule has 0 aliphatic carbocycles. The molecule has 0 saturated carbocycles. The Morgan fingerprint density at radius 3 is 2.20 bits per heavy atom. The third-order valence-corrected chi connectivity index (χ3v) is 4.91. The molecule has 0 aromatic carbocycles. The van der Waals surface area contributed by atoms with Crippen LogP contribution in [0.1, 0.15) is 20.8 Å². The van der Waals surface area contributed by atoms with E-state index in [1.807, 2.05) is 0 Å². The van der Waals surface area contributed by atoms with Gasteiger partial charge in [0.05, 0.1) is 45.8 Å². The molecule has 11 heteroatoms. The first kappa shape index (κ1) is 24.0. The van der Waals surface area contributed by atoms with Crippen molar-refractivity contribution < 1.29 is 37.8 Å². The highest BCUT2D eigenvalue weighted by atomic mass is 31.2. The number of hydrogen-bond acceptors (Lipinski definition) is 8. The van der Waals surface area contributed by atoms with Crippen molar-refractivity contribution >= 4 is 20.0 Å². The fourth-order valence-corrected chi connectivity index (χ4v) is 3.22. The monoisotopic (exact) mass is 384 g/mol. The van der Waals surface area contributed by atoms with E-state index < -0.39 is 19.7 Å². The van der Waals surface area contributed by atoms with Crippen molar-refractivity contribution in [1.82, 2.24) is 10.4 Å². The molecule has 0 heterocycles. The second-order valence-electron chi connectivity index (χ2n) is 4.83. The van der Waals surface area contributed by atoms with Crippen molar-refractivity contribution in [2.45, 2.75) is 26.8 Å². The van der Waals surface area contributed by atoms with Crippen LogP contribution >= 0.6 is 7.60 Å². The lowest BCUT2D eigenvalue weighted by atomic mass is 10.4. The van der Waals surface area contributed by atoms with Gasteiger partial charge in [-0.1, -0.05) is 0 Å². The van der Waals surface area contributed by atoms with Crippen molar-refractivity contribution in [3.05, 3.63) is 0 Å². The molecular weight excluding hydrogens is 355 g/mol. The Morgan fingerprint density at radius 2 is 1.72 bits per heavy atom. The summed E-state index contributed by atoms with van der Waals surface area (Å²) in [5, 5.41) is 9.73. The third kappa shape index (κ3) is 11.2. The Morgan fingerprint density at radius 1 is 1.16 bits per heavy atom. The number of carboxylic acid groups (broad SMARTS) is 1. The topological polar surface area (TPSA) is 124 Å². The zero-order valence-electron chi connectivity index (χ0n) is 15.0. The summed E-state index contributed by atoms with van der Waals surface area (Å²) in [6.45, 7) is 6.87. The van der Waals surface area contributed by atoms with Crippen LogP contribution in [-0.2, 0) is 27.9 Å². The summed E-state index contributed by atoms with van der Waals surface area (Å²) >= 11 is 0. The van der Waals surface area contributed by atoms with Gasteiger partial charge in [0.15, 0.2) is 0 Å². The molecule has 2 N–H and O–H groups in total. The smallest absolute Gasteiger partial charge is 0.422 e. The average molecular weight is 384 g/mol. The van der Waals surface area contributed by atoms with E-state index in [1.165, 1.54) is 6.92 Å². The summed E-state index contributed by atoms with van der Waals surface area (Å²) < 4.78 is 33.0. The van der Waals surface area contributed by atoms with Gasteiger partial charge < -0.3 is 28.4 Å². The molecule has 0 aliphatic heterocycles. The Kier molecular flexibility index (Phi) is 13.6. The van der Waals surface area contributed by atoms with Crippen molar-refractivity contribution in [3.63, 3.8) is 0 Å². The summed E-state index contributed by atoms with van der Waals surface area (Å²) in [5.74, 6) is 0. The van der Waals surface area contributed by atoms with Gasteiger partial charge in [-0.3, -0.25) is 4.57 Å². The van der Waals surface area contributed by atoms with E-state index in [-0.39, 0.29) is 25.9 Å². The van der Waals surface area contributed by atoms with Crippen LogP contribution in [0.2, 0.25) is 0 Å². The van der Waals surface area contributed by atoms with Crippen LogP contribution in [0.4, 0.5) is 4.79 Å². The minimum Gasteiger partial charge on any atom is -0.464 e. The van der Waals surface area contributed by atoms with E-state index in [1.54, 1.807) is 13.8 Å². The maximum absolute atomic E-state index is 12.1. The number of nitrogens with zero attached hydrogens (tertiary/aromatic N) is 1. The Balaban J connectivity index is 3.75. The number of rotatable bonds is 16. The van der Waals surface area contributed by atoms with Gasteiger partial charge in [-0.05, 0) is 20.8 Å². The zero-order valence-corrected chi connectivity index (χ0v) is 15.9. The number of nitrogens with one attached hydrogen (secondary N) is 1. The summed E-state index contributed by atoms with van der Waals surface area (Å²) in [7, 11) is -3.08. The number of hydrazine groups is 1. The molecule has 0 bridgehead atoms. The number of ether oxygens (including phenoxy) is 2. The van der Waals surface area contributed by atoms with Gasteiger partial charge in [-0.2, -0.15) is 0 Å². The molecule has 0 rings (SSSR count). The van der Waals surface area contributed by atoms with Gasteiger partial charge in [0, 0.05) is 6.54 Å². The van der Waals surface area contributed by atoms with Crippen LogP contribution in [0.15, 0.2) is 0 Å². The molecule has 1 unspecified atom stereocenters. The fourth-order valence-electron chi connectivity index (χ4n) is 1.74. The number of carbonyl (C=O) groups excluding carboxylic acids is 1. The fraction of sp³-hybridized carbons (Fsp3) is 0.857. The highest BCUT2D eigenvalue weighted by Crippen LogP contribution is 2.47. The number of amides is 1. The SMILES string of the molecule is CCOP(=O)(CCOCCOCCNN(C(=O)O)C(C)C=O)OCC. The molecule has 0 radical (unpaired) electrons. The summed E-state index contributed by atoms with van der Waals surface area (Å²) in [5.41, 5.74) is 2.59. The van der Waals surface area contributed by atoms with Gasteiger partial charge in [-0.15, -0.1) is 0 Å². The standard InChI is InChI=1S/C14H29N2O8P/c1-4-23-25(20,24-5-2)11-10-22-9-8-21-7-6-15-16(14(18)19)13(3)12-17/h12-13,15H,4-11H2,1-3H3,(H,18,19). The zero-order chi connectivity index (χ0) is 19.1. The van der Waals surface area contributed by atoms with Crippen LogP contribution in [0.3, 0.4) is 0 Å². The number of hydrogen-bond donors (Lipinski definition) is 2. The quantitative estimate of drug-likeness (QED) is 0.176. The van der Waals surface area contributed by atoms with Crippen molar-refractivity contribution in [2.24, 2.45) is 0 Å². The third-order valence-electron chi connectivity index (χ3n) is 2.87. The lowest BCUT2D eigenvalue weighted by Crippen LogP contribution is -2.49. The molecule has 0 fully saturated rings. The van der Waals surface area contributed by atoms with Crippen LogP contribution < -0.4 is 5.43 Å². The van der Waals surface area contributed by atoms with Gasteiger partial charge >= 0.3 is 13.7 Å². The first-order valence-corrected chi connectivity index (χ1v) is 9.87. The molecule has 0 aliphatic rings. The molecule has 1 amide bonds. The van der Waals surface area contributed by atoms with E-state index in [2.05, 4.69) is 5.43 Å². The van der Waals surface area contributed by atoms with E-state index >= 15 is 0 Å². The van der Waals surface area contributed by atoms with Crippen LogP contribution in [0.25, 0.3) is 0 Å². The molecule has 0 aromatic rings. The second-order valence-corrected chi connectivity index (χ2v) is 7.02. The molecule has 0 saturated heterocycles. The van der Waals surface area contributed by atoms with Crippen LogP contribution in [0, 0.1) is 0 Å². The maximum atomic E-state index is 12.1. The lowest BCUT2D eigenvalue weighted by molar-refractivity contribution is -0.112. The second kappa shape index (κ2) is 14.2. The highest BCUT2D eigenvalue weighted by Gasteiger charge is 2.22. The molecule has 148 valence electrons. The number of carbonyl (C=O) groups is 2. The van der Waals surface area contributed by atoms with Crippen molar-refractivity contribution in [1.29, 1.82) is 0 Å². The van der Waals surface area contributed by atoms with Gasteiger partial charge in [0.2, 0.25) is 0 Å². The predicted molar refractivity (Wildman–Crippen MR) is 90.8 cm³/mol. The lowest BCUT2D eigenvalue weighted by Gasteiger charge is -2.22. The minimum atomic E-state index is -3.08. The van der Waals surface area contributed by atoms with Gasteiger partial charge in [-0.25, -0.2) is 15.2 Å². The Hall–Kier alpha value is -1.03. The molecule has 0 spiro atoms. The summed E-state index contributed by atoms with van der Waals surface area (Å²) in [4.78, 5) is 21.5. The Bertz CT molecular complexity index is 414.